The van der Waals surface area contributed by atoms with Crippen LogP contribution in [0.5, 0.6) is 5.75 Å². The Kier molecular flexibility index (Phi) is 2.11. The summed E-state index contributed by atoms with van der Waals surface area (Å²) >= 11 is 0. The van der Waals surface area contributed by atoms with Crippen LogP contribution >= 0.6 is 0 Å². The maximum Gasteiger partial charge on any atom is 0.354 e. The number of aryl methyl sites for hydroxylation is 1. The molecule has 15 heavy (non-hydrogen) atoms. The van der Waals surface area contributed by atoms with Crippen molar-refractivity contribution in [3.05, 3.63) is 29.5 Å². The Morgan fingerprint density at radius 1 is 1.47 bits per heavy atom. The lowest BCUT2D eigenvalue weighted by atomic mass is 10.1. The Bertz CT molecular complexity index is 528. The van der Waals surface area contributed by atoms with Gasteiger partial charge in [0.2, 0.25) is 0 Å². The van der Waals surface area contributed by atoms with Crippen molar-refractivity contribution in [2.45, 2.75) is 6.92 Å². The van der Waals surface area contributed by atoms with Gasteiger partial charge in [0.1, 0.15) is 11.4 Å². The van der Waals surface area contributed by atoms with Gasteiger partial charge in [-0.1, -0.05) is 12.1 Å². The molecule has 0 amide bonds. The Balaban J connectivity index is 2.75. The minimum Gasteiger partial charge on any atom is -0.506 e. The molecule has 0 saturated heterocycles. The summed E-state index contributed by atoms with van der Waals surface area (Å²) in [7, 11) is 1.33. The Morgan fingerprint density at radius 3 is 2.80 bits per heavy atom. The summed E-state index contributed by atoms with van der Waals surface area (Å²) in [5, 5.41) is 10.4. The normalized spacial score (nSPS) is 10.5. The number of carbonyl (C=O) groups is 1. The number of phenolic OH excluding ortho intramolecular Hbond substituents is 1. The summed E-state index contributed by atoms with van der Waals surface area (Å²) in [4.78, 5) is 14.2. The van der Waals surface area contributed by atoms with Crippen LogP contribution in [0.25, 0.3) is 10.9 Å². The molecular formula is C11H11NO3. The molecule has 0 aliphatic carbocycles. The maximum absolute atomic E-state index is 11.4. The largest absolute Gasteiger partial charge is 0.506 e. The molecule has 0 atom stereocenters. The number of hydrogen-bond acceptors (Lipinski definition) is 3. The van der Waals surface area contributed by atoms with Crippen LogP contribution < -0.4 is 0 Å². The number of rotatable bonds is 1. The standard InChI is InChI=1S/C11H11NO3/c1-6-7-4-3-5-8(13)10(7)12-9(6)11(14)15-2/h3-5,12-13H,1-2H3. The van der Waals surface area contributed by atoms with Crippen molar-refractivity contribution in [3.8, 4) is 5.75 Å². The van der Waals surface area contributed by atoms with Gasteiger partial charge in [0, 0.05) is 5.39 Å². The first-order chi connectivity index (χ1) is 7.15. The zero-order valence-electron chi connectivity index (χ0n) is 8.50. The maximum atomic E-state index is 11.4. The number of methoxy groups -OCH3 is 1. The van der Waals surface area contributed by atoms with Gasteiger partial charge in [-0.3, -0.25) is 0 Å². The highest BCUT2D eigenvalue weighted by Gasteiger charge is 2.16. The van der Waals surface area contributed by atoms with E-state index in [0.717, 1.165) is 10.9 Å². The van der Waals surface area contributed by atoms with E-state index in [1.807, 2.05) is 13.0 Å². The molecular weight excluding hydrogens is 194 g/mol. The van der Waals surface area contributed by atoms with E-state index in [-0.39, 0.29) is 5.75 Å². The van der Waals surface area contributed by atoms with E-state index in [2.05, 4.69) is 9.72 Å². The number of phenols is 1. The molecule has 0 aliphatic rings. The van der Waals surface area contributed by atoms with Crippen molar-refractivity contribution in [3.63, 3.8) is 0 Å². The number of nitrogens with one attached hydrogen (secondary N) is 1. The van der Waals surface area contributed by atoms with Gasteiger partial charge in [-0.15, -0.1) is 0 Å². The molecule has 0 aliphatic heterocycles. The van der Waals surface area contributed by atoms with E-state index in [0.29, 0.717) is 11.2 Å². The highest BCUT2D eigenvalue weighted by atomic mass is 16.5. The average molecular weight is 205 g/mol. The molecule has 2 N–H and O–H groups in total. The molecule has 2 rings (SSSR count). The van der Waals surface area contributed by atoms with Gasteiger partial charge in [-0.2, -0.15) is 0 Å². The van der Waals surface area contributed by atoms with Crippen molar-refractivity contribution in [2.24, 2.45) is 0 Å². The van der Waals surface area contributed by atoms with Crippen LogP contribution in [0.4, 0.5) is 0 Å². The van der Waals surface area contributed by atoms with E-state index >= 15 is 0 Å². The lowest BCUT2D eigenvalue weighted by Gasteiger charge is -1.95. The van der Waals surface area contributed by atoms with Crippen LogP contribution in [-0.4, -0.2) is 23.2 Å². The molecule has 0 spiro atoms. The van der Waals surface area contributed by atoms with Crippen LogP contribution in [0.15, 0.2) is 18.2 Å². The fourth-order valence-electron chi connectivity index (χ4n) is 1.64. The summed E-state index contributed by atoms with van der Waals surface area (Å²) in [6.45, 7) is 1.81. The number of carbonyl (C=O) groups excluding carboxylic acids is 1. The predicted molar refractivity (Wildman–Crippen MR) is 56.0 cm³/mol. The van der Waals surface area contributed by atoms with Crippen molar-refractivity contribution in [1.29, 1.82) is 0 Å². The Hall–Kier alpha value is -1.97. The number of para-hydroxylation sites is 1. The van der Waals surface area contributed by atoms with Crippen molar-refractivity contribution < 1.29 is 14.6 Å². The van der Waals surface area contributed by atoms with E-state index in [4.69, 9.17) is 0 Å². The SMILES string of the molecule is COC(=O)c1[nH]c2c(O)cccc2c1C. The van der Waals surface area contributed by atoms with Gasteiger partial charge in [-0.25, -0.2) is 4.79 Å². The zero-order chi connectivity index (χ0) is 11.0. The van der Waals surface area contributed by atoms with Gasteiger partial charge in [0.25, 0.3) is 0 Å². The van der Waals surface area contributed by atoms with Crippen LogP contribution in [0.2, 0.25) is 0 Å². The quantitative estimate of drug-likeness (QED) is 0.699. The van der Waals surface area contributed by atoms with E-state index in [1.54, 1.807) is 12.1 Å². The number of fused-ring (bicyclic) bond motifs is 1. The summed E-state index contributed by atoms with van der Waals surface area (Å²) in [5.41, 5.74) is 1.73. The Morgan fingerprint density at radius 2 is 2.20 bits per heavy atom. The van der Waals surface area contributed by atoms with Gasteiger partial charge < -0.3 is 14.8 Å². The molecule has 78 valence electrons. The molecule has 0 unspecified atom stereocenters. The Labute approximate surface area is 86.5 Å². The van der Waals surface area contributed by atoms with Crippen molar-refractivity contribution in [2.75, 3.05) is 7.11 Å². The number of hydrogen-bond donors (Lipinski definition) is 2. The second-order valence-corrected chi connectivity index (χ2v) is 3.32. The molecule has 0 radical (unpaired) electrons. The lowest BCUT2D eigenvalue weighted by Crippen LogP contribution is -2.02. The third-order valence-electron chi connectivity index (χ3n) is 2.46. The smallest absolute Gasteiger partial charge is 0.354 e. The number of benzene rings is 1. The first kappa shape index (κ1) is 9.58. The third-order valence-corrected chi connectivity index (χ3v) is 2.46. The summed E-state index contributed by atoms with van der Waals surface area (Å²) in [5.74, 6) is -0.297. The summed E-state index contributed by atoms with van der Waals surface area (Å²) in [6.07, 6.45) is 0. The van der Waals surface area contributed by atoms with E-state index in [9.17, 15) is 9.90 Å². The molecule has 0 bridgehead atoms. The number of esters is 1. The van der Waals surface area contributed by atoms with Crippen molar-refractivity contribution in [1.82, 2.24) is 4.98 Å². The first-order valence-electron chi connectivity index (χ1n) is 4.53. The van der Waals surface area contributed by atoms with Crippen LogP contribution in [0, 0.1) is 6.92 Å². The summed E-state index contributed by atoms with van der Waals surface area (Å²) in [6, 6.07) is 5.15. The minimum absolute atomic E-state index is 0.130. The minimum atomic E-state index is -0.428. The zero-order valence-corrected chi connectivity index (χ0v) is 8.50. The van der Waals surface area contributed by atoms with E-state index < -0.39 is 5.97 Å². The molecule has 4 nitrogen and oxygen atoms in total. The van der Waals surface area contributed by atoms with Crippen molar-refractivity contribution >= 4 is 16.9 Å². The second-order valence-electron chi connectivity index (χ2n) is 3.32. The molecule has 1 aromatic heterocycles. The van der Waals surface area contributed by atoms with Gasteiger partial charge in [0.15, 0.2) is 0 Å². The topological polar surface area (TPSA) is 62.3 Å². The monoisotopic (exact) mass is 205 g/mol. The molecule has 0 saturated carbocycles. The number of H-pyrrole nitrogens is 1. The molecule has 2 aromatic rings. The average Bonchev–Trinajstić information content (AvgIpc) is 2.57. The molecule has 4 heteroatoms. The lowest BCUT2D eigenvalue weighted by molar-refractivity contribution is 0.0594. The highest BCUT2D eigenvalue weighted by molar-refractivity contribution is 5.99. The molecule has 0 fully saturated rings. The first-order valence-corrected chi connectivity index (χ1v) is 4.53. The number of ether oxygens (including phenoxy) is 1. The van der Waals surface area contributed by atoms with Gasteiger partial charge in [-0.05, 0) is 18.6 Å². The fraction of sp³-hybridized carbons (Fsp3) is 0.182. The highest BCUT2D eigenvalue weighted by Crippen LogP contribution is 2.28. The molecule has 1 aromatic carbocycles. The van der Waals surface area contributed by atoms with Gasteiger partial charge >= 0.3 is 5.97 Å². The van der Waals surface area contributed by atoms with E-state index in [1.165, 1.54) is 7.11 Å². The molecule has 1 heterocycles. The second kappa shape index (κ2) is 3.31. The van der Waals surface area contributed by atoms with Gasteiger partial charge in [0.05, 0.1) is 12.6 Å². The number of aromatic nitrogens is 1. The predicted octanol–water partition coefficient (Wildman–Crippen LogP) is 1.97. The van der Waals surface area contributed by atoms with Crippen LogP contribution in [-0.2, 0) is 4.74 Å². The third kappa shape index (κ3) is 1.34. The number of aromatic hydroxyl groups is 1. The fourth-order valence-corrected chi connectivity index (χ4v) is 1.64. The van der Waals surface area contributed by atoms with Crippen LogP contribution in [0.1, 0.15) is 16.1 Å². The summed E-state index contributed by atoms with van der Waals surface area (Å²) < 4.78 is 4.63. The van der Waals surface area contributed by atoms with Crippen LogP contribution in [0.3, 0.4) is 0 Å². The number of aromatic amines is 1.